The molecule has 0 aliphatic carbocycles. The van der Waals surface area contributed by atoms with Gasteiger partial charge in [-0.15, -0.1) is 24.8 Å². The predicted octanol–water partition coefficient (Wildman–Crippen LogP) is 5.27. The molecule has 2 N–H and O–H groups in total. The van der Waals surface area contributed by atoms with E-state index in [0.717, 1.165) is 64.0 Å². The van der Waals surface area contributed by atoms with Gasteiger partial charge in [-0.1, -0.05) is 43.7 Å². The first-order valence-corrected chi connectivity index (χ1v) is 11.1. The maximum absolute atomic E-state index is 11.0. The van der Waals surface area contributed by atoms with Crippen LogP contribution in [0, 0.1) is 0 Å². The average Bonchev–Trinajstić information content (AvgIpc) is 2.76. The van der Waals surface area contributed by atoms with E-state index in [1.54, 1.807) is 6.07 Å². The van der Waals surface area contributed by atoms with Crippen LogP contribution in [0.2, 0.25) is 0 Å². The van der Waals surface area contributed by atoms with Crippen LogP contribution in [0.15, 0.2) is 48.5 Å². The van der Waals surface area contributed by atoms with Gasteiger partial charge in [0, 0.05) is 45.0 Å². The van der Waals surface area contributed by atoms with Gasteiger partial charge in [0.15, 0.2) is 11.5 Å². The topological polar surface area (TPSA) is 56.2 Å². The first kappa shape index (κ1) is 28.4. The number of ether oxygens (including phenoxy) is 1. The quantitative estimate of drug-likeness (QED) is 0.449. The number of nitrogens with zero attached hydrogens (tertiary/aromatic N) is 2. The summed E-state index contributed by atoms with van der Waals surface area (Å²) in [6.45, 7) is 6.25. The van der Waals surface area contributed by atoms with Crippen molar-refractivity contribution in [2.45, 2.75) is 51.2 Å². The molecule has 7 heteroatoms. The van der Waals surface area contributed by atoms with Gasteiger partial charge in [0.05, 0.1) is 12.2 Å². The standard InChI is InChI=1S/C25H36N2O3.2ClH/c1-3-4-18-30-24-11-10-22(19-23(24)28)26(2)15-12-25(29)13-16-27(17-14-25)20-21-8-6-5-7-9-21;;/h5-11,19,28-29H,3-4,12-18,20H2,1-2H3;2*1H. The van der Waals surface area contributed by atoms with Crippen molar-refractivity contribution >= 4 is 30.5 Å². The SMILES string of the molecule is CCCCOc1ccc(N(C)CCC2(O)CCN(Cc3ccccc3)CC2)cc1O.Cl.Cl. The summed E-state index contributed by atoms with van der Waals surface area (Å²) in [6, 6.07) is 16.0. The van der Waals surface area contributed by atoms with Crippen LogP contribution in [0.1, 0.15) is 44.6 Å². The summed E-state index contributed by atoms with van der Waals surface area (Å²) in [4.78, 5) is 4.51. The number of benzene rings is 2. The second-order valence-electron chi connectivity index (χ2n) is 8.51. The van der Waals surface area contributed by atoms with Crippen molar-refractivity contribution in [3.63, 3.8) is 0 Å². The molecule has 0 unspecified atom stereocenters. The highest BCUT2D eigenvalue weighted by molar-refractivity contribution is 5.85. The molecule has 3 rings (SSSR count). The third-order valence-electron chi connectivity index (χ3n) is 6.09. The highest BCUT2D eigenvalue weighted by Gasteiger charge is 2.32. The molecule has 5 nitrogen and oxygen atoms in total. The number of piperidine rings is 1. The molecule has 0 atom stereocenters. The van der Waals surface area contributed by atoms with Crippen molar-refractivity contribution in [3.8, 4) is 11.5 Å². The molecule has 1 saturated heterocycles. The molecule has 1 fully saturated rings. The number of likely N-dealkylation sites (tertiary alicyclic amines) is 1. The van der Waals surface area contributed by atoms with E-state index >= 15 is 0 Å². The van der Waals surface area contributed by atoms with Crippen molar-refractivity contribution in [2.24, 2.45) is 0 Å². The van der Waals surface area contributed by atoms with Crippen molar-refractivity contribution in [1.82, 2.24) is 4.90 Å². The van der Waals surface area contributed by atoms with E-state index < -0.39 is 5.60 Å². The van der Waals surface area contributed by atoms with E-state index in [4.69, 9.17) is 4.74 Å². The highest BCUT2D eigenvalue weighted by Crippen LogP contribution is 2.32. The molecule has 1 aliphatic heterocycles. The van der Waals surface area contributed by atoms with Gasteiger partial charge in [-0.05, 0) is 43.4 Å². The van der Waals surface area contributed by atoms with E-state index in [1.165, 1.54) is 5.56 Å². The van der Waals surface area contributed by atoms with Gasteiger partial charge in [0.25, 0.3) is 0 Å². The Morgan fingerprint density at radius 3 is 2.38 bits per heavy atom. The van der Waals surface area contributed by atoms with Crippen molar-refractivity contribution in [1.29, 1.82) is 0 Å². The molecule has 180 valence electrons. The van der Waals surface area contributed by atoms with E-state index in [-0.39, 0.29) is 30.6 Å². The number of aromatic hydroxyl groups is 1. The smallest absolute Gasteiger partial charge is 0.161 e. The summed E-state index contributed by atoms with van der Waals surface area (Å²) in [5, 5.41) is 21.3. The number of unbranched alkanes of at least 4 members (excludes halogenated alkanes) is 1. The van der Waals surface area contributed by atoms with E-state index in [1.807, 2.05) is 25.2 Å². The highest BCUT2D eigenvalue weighted by atomic mass is 35.5. The summed E-state index contributed by atoms with van der Waals surface area (Å²) >= 11 is 0. The molecule has 1 aliphatic rings. The Labute approximate surface area is 205 Å². The third kappa shape index (κ3) is 8.36. The van der Waals surface area contributed by atoms with Gasteiger partial charge in [-0.3, -0.25) is 4.90 Å². The van der Waals surface area contributed by atoms with Crippen LogP contribution in [0.5, 0.6) is 11.5 Å². The summed E-state index contributed by atoms with van der Waals surface area (Å²) in [7, 11) is 2.00. The van der Waals surface area contributed by atoms with Crippen molar-refractivity contribution in [3.05, 3.63) is 54.1 Å². The molecule has 32 heavy (non-hydrogen) atoms. The summed E-state index contributed by atoms with van der Waals surface area (Å²) in [5.74, 6) is 0.702. The van der Waals surface area contributed by atoms with Gasteiger partial charge in [-0.25, -0.2) is 0 Å². The lowest BCUT2D eigenvalue weighted by atomic mass is 9.88. The van der Waals surface area contributed by atoms with Crippen LogP contribution in [-0.2, 0) is 6.54 Å². The van der Waals surface area contributed by atoms with Gasteiger partial charge in [0.1, 0.15) is 0 Å². The molecule has 0 saturated carbocycles. The summed E-state index contributed by atoms with van der Waals surface area (Å²) in [6.07, 6.45) is 4.35. The van der Waals surface area contributed by atoms with E-state index in [9.17, 15) is 10.2 Å². The minimum atomic E-state index is -0.618. The molecule has 0 spiro atoms. The lowest BCUT2D eigenvalue weighted by Gasteiger charge is -2.39. The largest absolute Gasteiger partial charge is 0.504 e. The zero-order valence-electron chi connectivity index (χ0n) is 19.2. The van der Waals surface area contributed by atoms with Crippen LogP contribution >= 0.6 is 24.8 Å². The first-order chi connectivity index (χ1) is 14.5. The Hall–Kier alpha value is -1.66. The fourth-order valence-electron chi connectivity index (χ4n) is 3.92. The Morgan fingerprint density at radius 2 is 1.75 bits per heavy atom. The number of phenolic OH excluding ortho intramolecular Hbond substituents is 1. The van der Waals surface area contributed by atoms with Gasteiger partial charge in [0.2, 0.25) is 0 Å². The molecular weight excluding hydrogens is 447 g/mol. The molecule has 2 aromatic carbocycles. The van der Waals surface area contributed by atoms with E-state index in [2.05, 4.69) is 41.0 Å². The molecule has 0 amide bonds. The second kappa shape index (κ2) is 13.8. The van der Waals surface area contributed by atoms with Crippen LogP contribution < -0.4 is 9.64 Å². The van der Waals surface area contributed by atoms with E-state index in [0.29, 0.717) is 12.4 Å². The number of hydrogen-bond donors (Lipinski definition) is 2. The number of halogens is 2. The maximum Gasteiger partial charge on any atom is 0.161 e. The number of rotatable bonds is 10. The minimum absolute atomic E-state index is 0. The Morgan fingerprint density at radius 1 is 1.06 bits per heavy atom. The fourth-order valence-corrected chi connectivity index (χ4v) is 3.92. The zero-order chi connectivity index (χ0) is 21.4. The van der Waals surface area contributed by atoms with Crippen molar-refractivity contribution in [2.75, 3.05) is 38.2 Å². The van der Waals surface area contributed by atoms with Crippen LogP contribution in [-0.4, -0.2) is 54.0 Å². The summed E-state index contributed by atoms with van der Waals surface area (Å²) < 4.78 is 5.62. The third-order valence-corrected chi connectivity index (χ3v) is 6.09. The Bertz CT molecular complexity index is 784. The fraction of sp³-hybridized carbons (Fsp3) is 0.520. The normalized spacial score (nSPS) is 15.3. The lowest BCUT2D eigenvalue weighted by Crippen LogP contribution is -2.45. The zero-order valence-corrected chi connectivity index (χ0v) is 20.8. The molecule has 0 bridgehead atoms. The number of aliphatic hydroxyl groups is 1. The van der Waals surface area contributed by atoms with Crippen molar-refractivity contribution < 1.29 is 14.9 Å². The minimum Gasteiger partial charge on any atom is -0.504 e. The molecule has 1 heterocycles. The van der Waals surface area contributed by atoms with Gasteiger partial charge in [-0.2, -0.15) is 0 Å². The van der Waals surface area contributed by atoms with Crippen LogP contribution in [0.4, 0.5) is 5.69 Å². The molecule has 0 radical (unpaired) electrons. The number of anilines is 1. The lowest BCUT2D eigenvalue weighted by molar-refractivity contribution is -0.0275. The average molecular weight is 485 g/mol. The van der Waals surface area contributed by atoms with Crippen LogP contribution in [0.25, 0.3) is 0 Å². The number of phenols is 1. The van der Waals surface area contributed by atoms with Crippen LogP contribution in [0.3, 0.4) is 0 Å². The first-order valence-electron chi connectivity index (χ1n) is 11.1. The molecule has 0 aromatic heterocycles. The maximum atomic E-state index is 11.0. The Kier molecular flexibility index (Phi) is 12.2. The number of hydrogen-bond acceptors (Lipinski definition) is 5. The molecular formula is C25H38Cl2N2O3. The van der Waals surface area contributed by atoms with Gasteiger partial charge < -0.3 is 19.8 Å². The van der Waals surface area contributed by atoms with Gasteiger partial charge >= 0.3 is 0 Å². The Balaban J connectivity index is 0.00000256. The molecule has 2 aromatic rings. The second-order valence-corrected chi connectivity index (χ2v) is 8.51. The summed E-state index contributed by atoms with van der Waals surface area (Å²) in [5.41, 5.74) is 1.64. The predicted molar refractivity (Wildman–Crippen MR) is 137 cm³/mol. The monoisotopic (exact) mass is 484 g/mol.